The van der Waals surface area contributed by atoms with Crippen molar-refractivity contribution < 1.29 is 9.53 Å². The van der Waals surface area contributed by atoms with E-state index >= 15 is 0 Å². The predicted molar refractivity (Wildman–Crippen MR) is 124 cm³/mol. The zero-order valence-corrected chi connectivity index (χ0v) is 17.6. The number of thiophene rings is 1. The third-order valence-electron chi connectivity index (χ3n) is 4.92. The minimum atomic E-state index is 0.0196. The van der Waals surface area contributed by atoms with Gasteiger partial charge in [-0.3, -0.25) is 4.79 Å². The molecule has 2 N–H and O–H groups in total. The van der Waals surface area contributed by atoms with Crippen LogP contribution in [-0.4, -0.2) is 34.2 Å². The van der Waals surface area contributed by atoms with Crippen molar-refractivity contribution in [3.8, 4) is 5.75 Å². The number of benzene rings is 2. The molecule has 0 fully saturated rings. The van der Waals surface area contributed by atoms with E-state index in [1.807, 2.05) is 85.4 Å². The molecule has 0 unspecified atom stereocenters. The summed E-state index contributed by atoms with van der Waals surface area (Å²) in [5.74, 6) is 2.24. The van der Waals surface area contributed by atoms with Gasteiger partial charge in [0.05, 0.1) is 15.9 Å². The van der Waals surface area contributed by atoms with Gasteiger partial charge in [-0.15, -0.1) is 11.3 Å². The molecule has 1 aliphatic heterocycles. The first-order valence-electron chi connectivity index (χ1n) is 9.85. The third-order valence-corrected chi connectivity index (χ3v) is 5.78. The van der Waals surface area contributed by atoms with E-state index < -0.39 is 0 Å². The van der Waals surface area contributed by atoms with Gasteiger partial charge in [0.1, 0.15) is 11.5 Å². The first-order chi connectivity index (χ1) is 15.1. The Morgan fingerprint density at radius 2 is 2.06 bits per heavy atom. The number of hydrogen-bond acceptors (Lipinski definition) is 6. The molecule has 7 heteroatoms. The molecule has 0 spiro atoms. The summed E-state index contributed by atoms with van der Waals surface area (Å²) in [7, 11) is 2.02. The molecule has 0 atom stereocenters. The van der Waals surface area contributed by atoms with Crippen molar-refractivity contribution in [2.45, 2.75) is 0 Å². The number of likely N-dealkylation sites (N-methyl/N-ethyl adjacent to an activating group) is 1. The second-order valence-corrected chi connectivity index (χ2v) is 8.18. The number of ketones is 1. The molecule has 0 saturated carbocycles. The van der Waals surface area contributed by atoms with Gasteiger partial charge in [0, 0.05) is 31.0 Å². The van der Waals surface area contributed by atoms with Crippen molar-refractivity contribution >= 4 is 39.8 Å². The van der Waals surface area contributed by atoms with Crippen molar-refractivity contribution in [1.82, 2.24) is 14.9 Å². The summed E-state index contributed by atoms with van der Waals surface area (Å²) in [6.45, 7) is 0.832. The number of imidazole rings is 1. The zero-order chi connectivity index (χ0) is 21.2. The van der Waals surface area contributed by atoms with E-state index in [1.54, 1.807) is 0 Å². The lowest BCUT2D eigenvalue weighted by atomic mass is 10.1. The van der Waals surface area contributed by atoms with Crippen LogP contribution in [0.25, 0.3) is 11.0 Å². The van der Waals surface area contributed by atoms with Crippen molar-refractivity contribution in [3.05, 3.63) is 94.5 Å². The van der Waals surface area contributed by atoms with Gasteiger partial charge in [-0.1, -0.05) is 6.07 Å². The van der Waals surface area contributed by atoms with Crippen LogP contribution >= 0.6 is 11.3 Å². The maximum atomic E-state index is 12.6. The molecule has 6 nitrogen and oxygen atoms in total. The van der Waals surface area contributed by atoms with Gasteiger partial charge in [0.15, 0.2) is 0 Å². The summed E-state index contributed by atoms with van der Waals surface area (Å²) in [6.07, 6.45) is 5.98. The molecule has 2 aromatic carbocycles. The fraction of sp³-hybridized carbons (Fsp3) is 0.0833. The average Bonchev–Trinajstić information content (AvgIpc) is 3.45. The quantitative estimate of drug-likeness (QED) is 0.407. The lowest BCUT2D eigenvalue weighted by Gasteiger charge is -2.17. The Kier molecular flexibility index (Phi) is 5.01. The van der Waals surface area contributed by atoms with Crippen LogP contribution in [0.1, 0.15) is 15.2 Å². The van der Waals surface area contributed by atoms with Gasteiger partial charge in [-0.05, 0) is 66.1 Å². The van der Waals surface area contributed by atoms with Gasteiger partial charge < -0.3 is 19.9 Å². The summed E-state index contributed by atoms with van der Waals surface area (Å²) in [5.41, 5.74) is 3.13. The number of allylic oxidation sites excluding steroid dienone is 1. The fourth-order valence-corrected chi connectivity index (χ4v) is 3.96. The largest absolute Gasteiger partial charge is 0.458 e. The summed E-state index contributed by atoms with van der Waals surface area (Å²) in [4.78, 5) is 23.2. The SMILES string of the molecule is CN1C=CC(Oc2ccc(Nc3nc4ccc(C(=O)c5cccs5)cc4[nH]3)cc2)=CC1. The third kappa shape index (κ3) is 4.22. The van der Waals surface area contributed by atoms with E-state index in [2.05, 4.69) is 20.2 Å². The highest BCUT2D eigenvalue weighted by atomic mass is 32.1. The molecule has 5 rings (SSSR count). The number of aromatic nitrogens is 2. The smallest absolute Gasteiger partial charge is 0.205 e. The highest BCUT2D eigenvalue weighted by Crippen LogP contribution is 2.24. The number of rotatable bonds is 6. The normalized spacial score (nSPS) is 13.3. The molecule has 4 aromatic rings. The lowest BCUT2D eigenvalue weighted by molar-refractivity contribution is 0.104. The van der Waals surface area contributed by atoms with Crippen LogP contribution < -0.4 is 10.1 Å². The predicted octanol–water partition coefficient (Wildman–Crippen LogP) is 5.32. The molecule has 31 heavy (non-hydrogen) atoms. The summed E-state index contributed by atoms with van der Waals surface area (Å²) in [6, 6.07) is 16.9. The van der Waals surface area contributed by atoms with Crippen LogP contribution in [-0.2, 0) is 0 Å². The molecule has 154 valence electrons. The highest BCUT2D eigenvalue weighted by Gasteiger charge is 2.12. The second-order valence-electron chi connectivity index (χ2n) is 7.24. The minimum absolute atomic E-state index is 0.0196. The summed E-state index contributed by atoms with van der Waals surface area (Å²) < 4.78 is 5.89. The molecule has 1 aliphatic rings. The van der Waals surface area contributed by atoms with Crippen molar-refractivity contribution in [2.24, 2.45) is 0 Å². The zero-order valence-electron chi connectivity index (χ0n) is 16.8. The van der Waals surface area contributed by atoms with Crippen LogP contribution in [0.15, 0.2) is 84.1 Å². The number of nitrogens with one attached hydrogen (secondary N) is 2. The van der Waals surface area contributed by atoms with Crippen molar-refractivity contribution in [2.75, 3.05) is 18.9 Å². The van der Waals surface area contributed by atoms with E-state index in [-0.39, 0.29) is 5.78 Å². The monoisotopic (exact) mass is 428 g/mol. The number of H-pyrrole nitrogens is 1. The molecule has 0 saturated heterocycles. The fourth-order valence-electron chi connectivity index (χ4n) is 3.28. The molecule has 2 aromatic heterocycles. The number of hydrogen-bond donors (Lipinski definition) is 2. The Labute approximate surface area is 183 Å². The first-order valence-corrected chi connectivity index (χ1v) is 10.7. The Morgan fingerprint density at radius 3 is 2.81 bits per heavy atom. The Hall–Kier alpha value is -3.84. The van der Waals surface area contributed by atoms with Crippen LogP contribution in [0.2, 0.25) is 0 Å². The van der Waals surface area contributed by atoms with Crippen molar-refractivity contribution in [1.29, 1.82) is 0 Å². The molecule has 0 bridgehead atoms. The van der Waals surface area contributed by atoms with Gasteiger partial charge in [0.25, 0.3) is 0 Å². The highest BCUT2D eigenvalue weighted by molar-refractivity contribution is 7.12. The number of ether oxygens (including phenoxy) is 1. The standard InChI is InChI=1S/C24H20N4O2S/c1-28-12-10-19(11-13-28)30-18-7-5-17(6-8-18)25-24-26-20-9-4-16(15-21(20)27-24)23(29)22-3-2-14-31-22/h2-12,14-15H,13H2,1H3,(H2,25,26,27). The van der Waals surface area contributed by atoms with Gasteiger partial charge in [-0.25, -0.2) is 4.98 Å². The first kappa shape index (κ1) is 19.1. The molecule has 0 aliphatic carbocycles. The molecule has 0 amide bonds. The van der Waals surface area contributed by atoms with Gasteiger partial charge >= 0.3 is 0 Å². The lowest BCUT2D eigenvalue weighted by Crippen LogP contribution is -2.15. The van der Waals surface area contributed by atoms with E-state index in [9.17, 15) is 4.79 Å². The molecular weight excluding hydrogens is 408 g/mol. The Balaban J connectivity index is 1.29. The van der Waals surface area contributed by atoms with Crippen LogP contribution in [0.4, 0.5) is 11.6 Å². The number of fused-ring (bicyclic) bond motifs is 1. The van der Waals surface area contributed by atoms with Crippen LogP contribution in [0.3, 0.4) is 0 Å². The average molecular weight is 429 g/mol. The number of carbonyl (C=O) groups excluding carboxylic acids is 1. The maximum absolute atomic E-state index is 12.6. The summed E-state index contributed by atoms with van der Waals surface area (Å²) >= 11 is 1.44. The van der Waals surface area contributed by atoms with Crippen LogP contribution in [0.5, 0.6) is 5.75 Å². The van der Waals surface area contributed by atoms with E-state index in [0.717, 1.165) is 39.7 Å². The topological polar surface area (TPSA) is 70.2 Å². The number of anilines is 2. The maximum Gasteiger partial charge on any atom is 0.205 e. The van der Waals surface area contributed by atoms with Gasteiger partial charge in [0.2, 0.25) is 11.7 Å². The molecule has 3 heterocycles. The minimum Gasteiger partial charge on any atom is -0.458 e. The van der Waals surface area contributed by atoms with Crippen LogP contribution in [0, 0.1) is 0 Å². The van der Waals surface area contributed by atoms with E-state index in [4.69, 9.17) is 4.74 Å². The number of nitrogens with zero attached hydrogens (tertiary/aromatic N) is 2. The Bertz CT molecular complexity index is 1290. The van der Waals surface area contributed by atoms with E-state index in [1.165, 1.54) is 11.3 Å². The van der Waals surface area contributed by atoms with Crippen molar-refractivity contribution in [3.63, 3.8) is 0 Å². The summed E-state index contributed by atoms with van der Waals surface area (Å²) in [5, 5.41) is 5.17. The molecular formula is C24H20N4O2S. The number of aromatic amines is 1. The number of carbonyl (C=O) groups is 1. The second kappa shape index (κ2) is 8.12. The molecule has 0 radical (unpaired) electrons. The van der Waals surface area contributed by atoms with Gasteiger partial charge in [-0.2, -0.15) is 0 Å². The Morgan fingerprint density at radius 1 is 1.19 bits per heavy atom. The van der Waals surface area contributed by atoms with E-state index in [0.29, 0.717) is 11.5 Å².